The lowest BCUT2D eigenvalue weighted by molar-refractivity contribution is -0.129. The van der Waals surface area contributed by atoms with Crippen molar-refractivity contribution in [2.24, 2.45) is 0 Å². The van der Waals surface area contributed by atoms with Crippen LogP contribution < -0.4 is 4.74 Å². The molecule has 2 aromatic carbocycles. The zero-order valence-electron chi connectivity index (χ0n) is 17.6. The van der Waals surface area contributed by atoms with Gasteiger partial charge in [0.15, 0.2) is 0 Å². The SMILES string of the molecule is COc1cccc(CSCC(=O)N2CCN(S(=O)(=O)c3ccc(C)c(C)c3)CC2)c1. The van der Waals surface area contributed by atoms with E-state index in [1.165, 1.54) is 4.31 Å². The number of rotatable bonds is 7. The Kier molecular flexibility index (Phi) is 7.44. The van der Waals surface area contributed by atoms with Gasteiger partial charge in [0, 0.05) is 31.9 Å². The van der Waals surface area contributed by atoms with Crippen LogP contribution in [-0.4, -0.2) is 62.6 Å². The molecule has 6 nitrogen and oxygen atoms in total. The number of carbonyl (C=O) groups is 1. The predicted octanol–water partition coefficient (Wildman–Crippen LogP) is 3.08. The molecule has 0 aliphatic carbocycles. The van der Waals surface area contributed by atoms with E-state index >= 15 is 0 Å². The summed E-state index contributed by atoms with van der Waals surface area (Å²) < 4.78 is 32.5. The molecule has 162 valence electrons. The minimum absolute atomic E-state index is 0.0473. The van der Waals surface area contributed by atoms with Crippen molar-refractivity contribution >= 4 is 27.7 Å². The molecular weight excluding hydrogens is 420 g/mol. The van der Waals surface area contributed by atoms with Gasteiger partial charge in [-0.25, -0.2) is 8.42 Å². The first-order valence-electron chi connectivity index (χ1n) is 9.87. The molecule has 0 aromatic heterocycles. The lowest BCUT2D eigenvalue weighted by Gasteiger charge is -2.34. The molecule has 0 unspecified atom stereocenters. The highest BCUT2D eigenvalue weighted by atomic mass is 32.2. The summed E-state index contributed by atoms with van der Waals surface area (Å²) in [7, 11) is -1.90. The molecule has 0 N–H and O–H groups in total. The smallest absolute Gasteiger partial charge is 0.243 e. The number of hydrogen-bond acceptors (Lipinski definition) is 5. The van der Waals surface area contributed by atoms with E-state index in [0.717, 1.165) is 28.2 Å². The fourth-order valence-electron chi connectivity index (χ4n) is 3.31. The van der Waals surface area contributed by atoms with Crippen molar-refractivity contribution in [3.8, 4) is 5.75 Å². The van der Waals surface area contributed by atoms with E-state index in [1.807, 2.05) is 44.2 Å². The molecule has 0 radical (unpaired) electrons. The largest absolute Gasteiger partial charge is 0.497 e. The maximum atomic E-state index is 12.9. The van der Waals surface area contributed by atoms with Crippen LogP contribution in [0, 0.1) is 13.8 Å². The molecule has 0 spiro atoms. The van der Waals surface area contributed by atoms with E-state index in [1.54, 1.807) is 35.9 Å². The minimum Gasteiger partial charge on any atom is -0.497 e. The molecule has 1 saturated heterocycles. The van der Waals surface area contributed by atoms with Crippen LogP contribution >= 0.6 is 11.8 Å². The van der Waals surface area contributed by atoms with E-state index in [0.29, 0.717) is 36.8 Å². The number of hydrogen-bond donors (Lipinski definition) is 0. The average molecular weight is 449 g/mol. The highest BCUT2D eigenvalue weighted by molar-refractivity contribution is 7.99. The maximum absolute atomic E-state index is 12.9. The van der Waals surface area contributed by atoms with Gasteiger partial charge in [-0.15, -0.1) is 11.8 Å². The van der Waals surface area contributed by atoms with Crippen molar-refractivity contribution in [2.45, 2.75) is 24.5 Å². The van der Waals surface area contributed by atoms with E-state index in [-0.39, 0.29) is 5.91 Å². The topological polar surface area (TPSA) is 66.9 Å². The van der Waals surface area contributed by atoms with Crippen molar-refractivity contribution in [3.05, 3.63) is 59.2 Å². The number of benzene rings is 2. The Hall–Kier alpha value is -2.03. The molecule has 1 amide bonds. The number of piperazine rings is 1. The van der Waals surface area contributed by atoms with Crippen molar-refractivity contribution in [1.29, 1.82) is 0 Å². The minimum atomic E-state index is -3.53. The van der Waals surface area contributed by atoms with Crippen LogP contribution in [0.15, 0.2) is 47.4 Å². The standard InChI is InChI=1S/C22H28N2O4S2/c1-17-7-8-21(13-18(17)2)30(26,27)24-11-9-23(10-12-24)22(25)16-29-15-19-5-4-6-20(14-19)28-3/h4-8,13-14H,9-12,15-16H2,1-3H3. The van der Waals surface area contributed by atoms with Crippen LogP contribution in [0.3, 0.4) is 0 Å². The molecule has 1 aliphatic heterocycles. The molecule has 30 heavy (non-hydrogen) atoms. The highest BCUT2D eigenvalue weighted by Gasteiger charge is 2.30. The molecule has 1 heterocycles. The molecule has 3 rings (SSSR count). The van der Waals surface area contributed by atoms with Crippen LogP contribution in [0.25, 0.3) is 0 Å². The lowest BCUT2D eigenvalue weighted by Crippen LogP contribution is -2.51. The number of carbonyl (C=O) groups excluding carboxylic acids is 1. The van der Waals surface area contributed by atoms with Crippen LogP contribution in [0.4, 0.5) is 0 Å². The third-order valence-electron chi connectivity index (χ3n) is 5.34. The summed E-state index contributed by atoms with van der Waals surface area (Å²) in [6.45, 7) is 5.35. The van der Waals surface area contributed by atoms with Crippen molar-refractivity contribution in [3.63, 3.8) is 0 Å². The Morgan fingerprint density at radius 2 is 1.77 bits per heavy atom. The monoisotopic (exact) mass is 448 g/mol. The number of aryl methyl sites for hydroxylation is 2. The van der Waals surface area contributed by atoms with Gasteiger partial charge in [0.1, 0.15) is 5.75 Å². The van der Waals surface area contributed by atoms with E-state index in [9.17, 15) is 13.2 Å². The first-order valence-corrected chi connectivity index (χ1v) is 12.5. The number of amides is 1. The summed E-state index contributed by atoms with van der Waals surface area (Å²) in [5, 5.41) is 0. The van der Waals surface area contributed by atoms with Crippen molar-refractivity contribution in [1.82, 2.24) is 9.21 Å². The molecule has 0 saturated carbocycles. The number of ether oxygens (including phenoxy) is 1. The van der Waals surface area contributed by atoms with Gasteiger partial charge >= 0.3 is 0 Å². The Labute approximate surface area is 183 Å². The first kappa shape index (κ1) is 22.7. The number of nitrogens with zero attached hydrogens (tertiary/aromatic N) is 2. The second-order valence-corrected chi connectivity index (χ2v) is 10.3. The van der Waals surface area contributed by atoms with Gasteiger partial charge in [-0.2, -0.15) is 4.31 Å². The highest BCUT2D eigenvalue weighted by Crippen LogP contribution is 2.22. The molecule has 8 heteroatoms. The third kappa shape index (κ3) is 5.36. The van der Waals surface area contributed by atoms with E-state index in [2.05, 4.69) is 0 Å². The van der Waals surface area contributed by atoms with Gasteiger partial charge < -0.3 is 9.64 Å². The molecule has 1 aliphatic rings. The normalized spacial score (nSPS) is 15.2. The van der Waals surface area contributed by atoms with Gasteiger partial charge in [0.25, 0.3) is 0 Å². The molecule has 0 bridgehead atoms. The Morgan fingerprint density at radius 1 is 1.03 bits per heavy atom. The number of methoxy groups -OCH3 is 1. The maximum Gasteiger partial charge on any atom is 0.243 e. The predicted molar refractivity (Wildman–Crippen MR) is 120 cm³/mol. The Balaban J connectivity index is 1.50. The fraction of sp³-hybridized carbons (Fsp3) is 0.409. The molecule has 2 aromatic rings. The summed E-state index contributed by atoms with van der Waals surface area (Å²) >= 11 is 1.55. The number of sulfonamides is 1. The summed E-state index contributed by atoms with van der Waals surface area (Å²) in [5.41, 5.74) is 3.13. The van der Waals surface area contributed by atoms with Gasteiger partial charge in [-0.05, 0) is 54.8 Å². The van der Waals surface area contributed by atoms with Gasteiger partial charge in [-0.3, -0.25) is 4.79 Å². The van der Waals surface area contributed by atoms with Gasteiger partial charge in [0.2, 0.25) is 15.9 Å². The summed E-state index contributed by atoms with van der Waals surface area (Å²) in [6, 6.07) is 13.0. The summed E-state index contributed by atoms with van der Waals surface area (Å²) in [6.07, 6.45) is 0. The lowest BCUT2D eigenvalue weighted by atomic mass is 10.1. The molecular formula is C22H28N2O4S2. The van der Waals surface area contributed by atoms with Crippen molar-refractivity contribution < 1.29 is 17.9 Å². The van der Waals surface area contributed by atoms with E-state index in [4.69, 9.17) is 4.74 Å². The zero-order chi connectivity index (χ0) is 21.7. The van der Waals surface area contributed by atoms with Gasteiger partial charge in [-0.1, -0.05) is 18.2 Å². The average Bonchev–Trinajstić information content (AvgIpc) is 2.75. The summed E-state index contributed by atoms with van der Waals surface area (Å²) in [5.74, 6) is 1.96. The third-order valence-corrected chi connectivity index (χ3v) is 8.22. The van der Waals surface area contributed by atoms with Crippen molar-refractivity contribution in [2.75, 3.05) is 39.0 Å². The number of thioether (sulfide) groups is 1. The van der Waals surface area contributed by atoms with Crippen LogP contribution in [0.1, 0.15) is 16.7 Å². The van der Waals surface area contributed by atoms with Crippen LogP contribution in [0.5, 0.6) is 5.75 Å². The van der Waals surface area contributed by atoms with Crippen LogP contribution in [-0.2, 0) is 20.6 Å². The first-order chi connectivity index (χ1) is 14.3. The summed E-state index contributed by atoms with van der Waals surface area (Å²) in [4.78, 5) is 14.6. The second-order valence-electron chi connectivity index (χ2n) is 7.38. The molecule has 0 atom stereocenters. The quantitative estimate of drug-likeness (QED) is 0.651. The second kappa shape index (κ2) is 9.85. The fourth-order valence-corrected chi connectivity index (χ4v) is 5.69. The van der Waals surface area contributed by atoms with E-state index < -0.39 is 10.0 Å². The van der Waals surface area contributed by atoms with Crippen LogP contribution in [0.2, 0.25) is 0 Å². The van der Waals surface area contributed by atoms with Gasteiger partial charge in [0.05, 0.1) is 17.8 Å². The zero-order valence-corrected chi connectivity index (χ0v) is 19.3. The molecule has 1 fully saturated rings. The Bertz CT molecular complexity index is 1000. The Morgan fingerprint density at radius 3 is 2.43 bits per heavy atom.